The Kier molecular flexibility index (Phi) is 5.75. The molecule has 0 N–H and O–H groups in total. The van der Waals surface area contributed by atoms with E-state index in [2.05, 4.69) is 0 Å². The standard InChI is InChI=1S/C22H19NO5/c1-26-18-6-4-3-5-17(18)21(24)16(13-23)11-14-7-10-19(20(12-14)27-2)28-22(25)15-8-9-15/h3-7,10-12,15H,8-9H2,1-2H3/b16-11+. The van der Waals surface area contributed by atoms with Gasteiger partial charge in [0.1, 0.15) is 17.4 Å². The smallest absolute Gasteiger partial charge is 0.314 e. The van der Waals surface area contributed by atoms with Gasteiger partial charge in [0.2, 0.25) is 5.78 Å². The SMILES string of the molecule is COc1cc(/C=C(\C#N)C(=O)c2ccccc2OC)ccc1OC(=O)C1CC1. The fourth-order valence-corrected chi connectivity index (χ4v) is 2.66. The summed E-state index contributed by atoms with van der Waals surface area (Å²) >= 11 is 0. The summed E-state index contributed by atoms with van der Waals surface area (Å²) in [7, 11) is 2.93. The molecule has 6 nitrogen and oxygen atoms in total. The van der Waals surface area contributed by atoms with Gasteiger partial charge in [-0.15, -0.1) is 0 Å². The third-order valence-corrected chi connectivity index (χ3v) is 4.34. The molecule has 0 amide bonds. The second-order valence-corrected chi connectivity index (χ2v) is 6.30. The number of nitrogens with zero attached hydrogens (tertiary/aromatic N) is 1. The summed E-state index contributed by atoms with van der Waals surface area (Å²) in [4.78, 5) is 24.6. The predicted molar refractivity (Wildman–Crippen MR) is 102 cm³/mol. The number of nitriles is 1. The third kappa shape index (κ3) is 4.21. The molecule has 2 aromatic carbocycles. The number of ketones is 1. The van der Waals surface area contributed by atoms with Gasteiger partial charge in [0, 0.05) is 0 Å². The summed E-state index contributed by atoms with van der Waals surface area (Å²) < 4.78 is 15.8. The number of allylic oxidation sites excluding steroid dienone is 1. The zero-order valence-corrected chi connectivity index (χ0v) is 15.6. The fourth-order valence-electron chi connectivity index (χ4n) is 2.66. The van der Waals surface area contributed by atoms with Gasteiger partial charge in [-0.3, -0.25) is 9.59 Å². The number of benzene rings is 2. The highest BCUT2D eigenvalue weighted by Gasteiger charge is 2.32. The number of para-hydroxylation sites is 1. The van der Waals surface area contributed by atoms with E-state index in [0.717, 1.165) is 12.8 Å². The number of hydrogen-bond donors (Lipinski definition) is 0. The van der Waals surface area contributed by atoms with E-state index in [9.17, 15) is 14.9 Å². The first-order chi connectivity index (χ1) is 13.6. The van der Waals surface area contributed by atoms with Crippen molar-refractivity contribution in [3.05, 3.63) is 59.2 Å². The lowest BCUT2D eigenvalue weighted by molar-refractivity contribution is -0.135. The molecule has 0 unspecified atom stereocenters. The van der Waals surface area contributed by atoms with E-state index in [1.807, 2.05) is 6.07 Å². The molecule has 3 rings (SSSR count). The highest BCUT2D eigenvalue weighted by Crippen LogP contribution is 2.34. The summed E-state index contributed by atoms with van der Waals surface area (Å²) in [6.07, 6.45) is 3.15. The number of esters is 1. The van der Waals surface area contributed by atoms with E-state index < -0.39 is 5.78 Å². The number of methoxy groups -OCH3 is 2. The average Bonchev–Trinajstić information content (AvgIpc) is 3.57. The Morgan fingerprint density at radius 1 is 1.04 bits per heavy atom. The molecule has 0 heterocycles. The molecule has 0 atom stereocenters. The van der Waals surface area contributed by atoms with Crippen LogP contribution in [0.3, 0.4) is 0 Å². The van der Waals surface area contributed by atoms with Crippen molar-refractivity contribution in [3.8, 4) is 23.3 Å². The molecule has 0 aromatic heterocycles. The number of rotatable bonds is 7. The molecular weight excluding hydrogens is 358 g/mol. The topological polar surface area (TPSA) is 85.6 Å². The minimum absolute atomic E-state index is 0.0343. The van der Waals surface area contributed by atoms with Crippen LogP contribution in [0, 0.1) is 17.2 Å². The fraction of sp³-hybridized carbons (Fsp3) is 0.227. The minimum Gasteiger partial charge on any atom is -0.496 e. The van der Waals surface area contributed by atoms with E-state index in [0.29, 0.717) is 28.4 Å². The van der Waals surface area contributed by atoms with Crippen LogP contribution in [0.2, 0.25) is 0 Å². The van der Waals surface area contributed by atoms with Crippen LogP contribution in [0.4, 0.5) is 0 Å². The molecular formula is C22H19NO5. The van der Waals surface area contributed by atoms with E-state index in [-0.39, 0.29) is 17.5 Å². The van der Waals surface area contributed by atoms with Crippen LogP contribution >= 0.6 is 0 Å². The van der Waals surface area contributed by atoms with Gasteiger partial charge in [-0.25, -0.2) is 0 Å². The van der Waals surface area contributed by atoms with Crippen molar-refractivity contribution < 1.29 is 23.8 Å². The van der Waals surface area contributed by atoms with Gasteiger partial charge in [-0.1, -0.05) is 18.2 Å². The van der Waals surface area contributed by atoms with Crippen molar-refractivity contribution in [1.82, 2.24) is 0 Å². The normalized spacial score (nSPS) is 13.4. The van der Waals surface area contributed by atoms with Gasteiger partial charge >= 0.3 is 5.97 Å². The Labute approximate surface area is 162 Å². The van der Waals surface area contributed by atoms with Gasteiger partial charge in [-0.05, 0) is 48.7 Å². The van der Waals surface area contributed by atoms with Crippen LogP contribution in [0.15, 0.2) is 48.0 Å². The van der Waals surface area contributed by atoms with Crippen molar-refractivity contribution in [1.29, 1.82) is 5.26 Å². The van der Waals surface area contributed by atoms with Crippen LogP contribution in [0.25, 0.3) is 6.08 Å². The molecule has 28 heavy (non-hydrogen) atoms. The molecule has 6 heteroatoms. The van der Waals surface area contributed by atoms with E-state index in [4.69, 9.17) is 14.2 Å². The zero-order valence-electron chi connectivity index (χ0n) is 15.6. The third-order valence-electron chi connectivity index (χ3n) is 4.34. The van der Waals surface area contributed by atoms with Gasteiger partial charge in [0.25, 0.3) is 0 Å². The lowest BCUT2D eigenvalue weighted by Gasteiger charge is -2.10. The summed E-state index contributed by atoms with van der Waals surface area (Å²) in [5.41, 5.74) is 0.830. The first-order valence-electron chi connectivity index (χ1n) is 8.76. The maximum Gasteiger partial charge on any atom is 0.314 e. The molecule has 2 aromatic rings. The highest BCUT2D eigenvalue weighted by molar-refractivity contribution is 6.15. The van der Waals surface area contributed by atoms with Crippen LogP contribution < -0.4 is 14.2 Å². The lowest BCUT2D eigenvalue weighted by atomic mass is 10.0. The summed E-state index contributed by atoms with van der Waals surface area (Å²) in [6.45, 7) is 0. The predicted octanol–water partition coefficient (Wildman–Crippen LogP) is 3.81. The molecule has 1 fully saturated rings. The molecule has 0 saturated heterocycles. The molecule has 0 spiro atoms. The van der Waals surface area contributed by atoms with Crippen LogP contribution in [0.1, 0.15) is 28.8 Å². The van der Waals surface area contributed by atoms with Gasteiger partial charge < -0.3 is 14.2 Å². The maximum atomic E-state index is 12.7. The van der Waals surface area contributed by atoms with Crippen molar-refractivity contribution in [3.63, 3.8) is 0 Å². The first kappa shape index (κ1) is 19.2. The number of carbonyl (C=O) groups excluding carboxylic acids is 2. The molecule has 1 saturated carbocycles. The van der Waals surface area contributed by atoms with E-state index in [1.54, 1.807) is 42.5 Å². The maximum absolute atomic E-state index is 12.7. The number of Topliss-reactive ketones (excluding diaryl/α,β-unsaturated/α-hetero) is 1. The molecule has 0 bridgehead atoms. The monoisotopic (exact) mass is 377 g/mol. The lowest BCUT2D eigenvalue weighted by Crippen LogP contribution is -2.10. The Balaban J connectivity index is 1.88. The number of ether oxygens (including phenoxy) is 3. The molecule has 0 radical (unpaired) electrons. The Hall–Kier alpha value is -3.59. The molecule has 1 aliphatic carbocycles. The Morgan fingerprint density at radius 2 is 1.75 bits per heavy atom. The van der Waals surface area contributed by atoms with Crippen LogP contribution in [0.5, 0.6) is 17.2 Å². The second kappa shape index (κ2) is 8.40. The minimum atomic E-state index is -0.442. The first-order valence-corrected chi connectivity index (χ1v) is 8.76. The molecule has 0 aliphatic heterocycles. The summed E-state index contributed by atoms with van der Waals surface area (Å²) in [6, 6.07) is 13.5. The molecule has 1 aliphatic rings. The van der Waals surface area contributed by atoms with Crippen molar-refractivity contribution in [2.75, 3.05) is 14.2 Å². The number of carbonyl (C=O) groups is 2. The molecule has 142 valence electrons. The van der Waals surface area contributed by atoms with Gasteiger partial charge in [0.15, 0.2) is 11.5 Å². The summed E-state index contributed by atoms with van der Waals surface area (Å²) in [5, 5.41) is 9.47. The zero-order chi connectivity index (χ0) is 20.1. The number of hydrogen-bond acceptors (Lipinski definition) is 6. The van der Waals surface area contributed by atoms with Crippen LogP contribution in [-0.4, -0.2) is 26.0 Å². The van der Waals surface area contributed by atoms with Crippen LogP contribution in [-0.2, 0) is 4.79 Å². The van der Waals surface area contributed by atoms with Crippen molar-refractivity contribution >= 4 is 17.8 Å². The van der Waals surface area contributed by atoms with Crippen molar-refractivity contribution in [2.24, 2.45) is 5.92 Å². The van der Waals surface area contributed by atoms with E-state index >= 15 is 0 Å². The second-order valence-electron chi connectivity index (χ2n) is 6.30. The highest BCUT2D eigenvalue weighted by atomic mass is 16.6. The Bertz CT molecular complexity index is 983. The average molecular weight is 377 g/mol. The van der Waals surface area contributed by atoms with Gasteiger partial charge in [-0.2, -0.15) is 5.26 Å². The van der Waals surface area contributed by atoms with Crippen molar-refractivity contribution in [2.45, 2.75) is 12.8 Å². The summed E-state index contributed by atoms with van der Waals surface area (Å²) in [5.74, 6) is 0.311. The largest absolute Gasteiger partial charge is 0.496 e. The Morgan fingerprint density at radius 3 is 2.39 bits per heavy atom. The van der Waals surface area contributed by atoms with E-state index in [1.165, 1.54) is 20.3 Å². The van der Waals surface area contributed by atoms with Gasteiger partial charge in [0.05, 0.1) is 25.7 Å². The quantitative estimate of drug-likeness (QED) is 0.240.